The van der Waals surface area contributed by atoms with E-state index in [9.17, 15) is 5.11 Å². The molecule has 34 heavy (non-hydrogen) atoms. The number of aliphatic hydroxyl groups is 1. The molecule has 0 radical (unpaired) electrons. The largest absolute Gasteiger partial charge is 0.393 e. The molecular formula is C27H32ClN3O2S. The predicted octanol–water partition coefficient (Wildman–Crippen LogP) is 7.15. The van der Waals surface area contributed by atoms with Gasteiger partial charge in [-0.3, -0.25) is 0 Å². The highest BCUT2D eigenvalue weighted by Crippen LogP contribution is 2.34. The van der Waals surface area contributed by atoms with E-state index >= 15 is 0 Å². The number of ether oxygens (including phenoxy) is 1. The van der Waals surface area contributed by atoms with Crippen LogP contribution >= 0.6 is 22.9 Å². The van der Waals surface area contributed by atoms with Gasteiger partial charge in [-0.05, 0) is 55.2 Å². The van der Waals surface area contributed by atoms with Crippen molar-refractivity contribution in [3.05, 3.63) is 75.4 Å². The molecule has 0 spiro atoms. The molecular weight excluding hydrogens is 466 g/mol. The quantitative estimate of drug-likeness (QED) is 0.391. The summed E-state index contributed by atoms with van der Waals surface area (Å²) in [7, 11) is 0. The molecule has 1 N–H and O–H groups in total. The molecule has 180 valence electrons. The van der Waals surface area contributed by atoms with Crippen LogP contribution in [-0.2, 0) is 11.2 Å². The lowest BCUT2D eigenvalue weighted by Gasteiger charge is -2.31. The molecule has 2 aromatic heterocycles. The van der Waals surface area contributed by atoms with E-state index in [1.54, 1.807) is 6.08 Å². The topological polar surface area (TPSA) is 68.1 Å². The van der Waals surface area contributed by atoms with Gasteiger partial charge in [-0.25, -0.2) is 4.98 Å². The molecule has 4 rings (SSSR count). The van der Waals surface area contributed by atoms with Crippen molar-refractivity contribution in [3.8, 4) is 10.7 Å². The first kappa shape index (κ1) is 26.2. The van der Waals surface area contributed by atoms with Crippen LogP contribution < -0.4 is 0 Å². The molecule has 1 fully saturated rings. The average molecular weight is 498 g/mol. The van der Waals surface area contributed by atoms with Crippen LogP contribution in [0.2, 0.25) is 5.02 Å². The summed E-state index contributed by atoms with van der Waals surface area (Å²) in [6.45, 7) is 11.8. The molecule has 1 aromatic carbocycles. The predicted molar refractivity (Wildman–Crippen MR) is 142 cm³/mol. The summed E-state index contributed by atoms with van der Waals surface area (Å²) in [6, 6.07) is 9.85. The zero-order chi connectivity index (χ0) is 24.7. The number of benzene rings is 1. The molecule has 3 unspecified atom stereocenters. The van der Waals surface area contributed by atoms with Gasteiger partial charge in [-0.2, -0.15) is 0 Å². The summed E-state index contributed by atoms with van der Waals surface area (Å²) in [5.41, 5.74) is 4.61. The first-order valence-electron chi connectivity index (χ1n) is 11.7. The molecule has 5 nitrogen and oxygen atoms in total. The highest BCUT2D eigenvalue weighted by molar-refractivity contribution is 7.14. The van der Waals surface area contributed by atoms with Crippen molar-refractivity contribution in [3.63, 3.8) is 0 Å². The summed E-state index contributed by atoms with van der Waals surface area (Å²) < 4.78 is 6.05. The Kier molecular flexibility index (Phi) is 9.54. The SMILES string of the molecule is C=Cc1ccc(-c2nnc(Cc3cc(C4CC(O)CC(C)O4)ccc3Cl)s2)nc1/C=C\C.CC. The average Bonchev–Trinajstić information content (AvgIpc) is 3.30. The van der Waals surface area contributed by atoms with E-state index in [0.717, 1.165) is 38.1 Å². The number of aliphatic hydroxyl groups excluding tert-OH is 1. The lowest BCUT2D eigenvalue weighted by atomic mass is 9.95. The van der Waals surface area contributed by atoms with Gasteiger partial charge in [-0.15, -0.1) is 10.2 Å². The van der Waals surface area contributed by atoms with E-state index < -0.39 is 0 Å². The smallest absolute Gasteiger partial charge is 0.166 e. The second-order valence-electron chi connectivity index (χ2n) is 7.96. The van der Waals surface area contributed by atoms with Crippen LogP contribution in [0.5, 0.6) is 0 Å². The summed E-state index contributed by atoms with van der Waals surface area (Å²) in [6.07, 6.45) is 7.09. The van der Waals surface area contributed by atoms with Crippen LogP contribution in [0.3, 0.4) is 0 Å². The Labute approximate surface area is 211 Å². The van der Waals surface area contributed by atoms with Crippen LogP contribution in [0.4, 0.5) is 0 Å². The summed E-state index contributed by atoms with van der Waals surface area (Å²) in [5.74, 6) is 0. The van der Waals surface area contributed by atoms with Gasteiger partial charge in [-0.1, -0.05) is 73.7 Å². The third kappa shape index (κ3) is 6.39. The van der Waals surface area contributed by atoms with E-state index in [1.807, 2.05) is 64.1 Å². The third-order valence-corrected chi connectivity index (χ3v) is 6.77. The number of halogens is 1. The maximum absolute atomic E-state index is 10.1. The van der Waals surface area contributed by atoms with E-state index in [-0.39, 0.29) is 18.3 Å². The van der Waals surface area contributed by atoms with Gasteiger partial charge in [0.1, 0.15) is 10.7 Å². The molecule has 3 aromatic rings. The third-order valence-electron chi connectivity index (χ3n) is 5.46. The second-order valence-corrected chi connectivity index (χ2v) is 9.43. The Hall–Kier alpha value is -2.38. The molecule has 1 saturated heterocycles. The van der Waals surface area contributed by atoms with Crippen molar-refractivity contribution >= 4 is 35.1 Å². The Morgan fingerprint density at radius 2 is 2.00 bits per heavy atom. The number of hydrogen-bond acceptors (Lipinski definition) is 6. The van der Waals surface area contributed by atoms with Gasteiger partial charge in [0, 0.05) is 17.9 Å². The number of pyridine rings is 1. The molecule has 0 bridgehead atoms. The Morgan fingerprint density at radius 3 is 2.71 bits per heavy atom. The molecule has 3 atom stereocenters. The van der Waals surface area contributed by atoms with E-state index in [0.29, 0.717) is 24.3 Å². The minimum atomic E-state index is -0.346. The Morgan fingerprint density at radius 1 is 1.21 bits per heavy atom. The molecule has 7 heteroatoms. The van der Waals surface area contributed by atoms with Gasteiger partial charge < -0.3 is 9.84 Å². The molecule has 1 aliphatic heterocycles. The number of allylic oxidation sites excluding steroid dienone is 1. The first-order valence-corrected chi connectivity index (χ1v) is 12.9. The van der Waals surface area contributed by atoms with Crippen molar-refractivity contribution in [2.24, 2.45) is 0 Å². The summed E-state index contributed by atoms with van der Waals surface area (Å²) in [4.78, 5) is 4.71. The van der Waals surface area contributed by atoms with Crippen LogP contribution in [0, 0.1) is 0 Å². The minimum Gasteiger partial charge on any atom is -0.393 e. The second kappa shape index (κ2) is 12.4. The lowest BCUT2D eigenvalue weighted by molar-refractivity contribution is -0.0895. The Bertz CT molecular complexity index is 1130. The van der Waals surface area contributed by atoms with Gasteiger partial charge in [0.25, 0.3) is 0 Å². The fourth-order valence-corrected chi connectivity index (χ4v) is 4.94. The molecule has 0 aliphatic carbocycles. The van der Waals surface area contributed by atoms with E-state index in [2.05, 4.69) is 22.8 Å². The van der Waals surface area contributed by atoms with Crippen LogP contribution in [0.1, 0.15) is 74.0 Å². The zero-order valence-corrected chi connectivity index (χ0v) is 21.7. The number of nitrogens with zero attached hydrogens (tertiary/aromatic N) is 3. The van der Waals surface area contributed by atoms with Gasteiger partial charge in [0.05, 0.1) is 24.0 Å². The van der Waals surface area contributed by atoms with Crippen molar-refractivity contribution in [2.45, 2.75) is 65.3 Å². The fourth-order valence-electron chi connectivity index (χ4n) is 3.92. The summed E-state index contributed by atoms with van der Waals surface area (Å²) >= 11 is 8.00. The first-order chi connectivity index (χ1) is 16.5. The normalized spacial score (nSPS) is 20.1. The Balaban J connectivity index is 0.00000158. The van der Waals surface area contributed by atoms with Gasteiger partial charge >= 0.3 is 0 Å². The highest BCUT2D eigenvalue weighted by Gasteiger charge is 2.27. The highest BCUT2D eigenvalue weighted by atomic mass is 35.5. The maximum Gasteiger partial charge on any atom is 0.166 e. The van der Waals surface area contributed by atoms with Crippen LogP contribution in [-0.4, -0.2) is 32.5 Å². The van der Waals surface area contributed by atoms with Crippen LogP contribution in [0.25, 0.3) is 22.9 Å². The van der Waals surface area contributed by atoms with Crippen molar-refractivity contribution in [1.82, 2.24) is 15.2 Å². The van der Waals surface area contributed by atoms with Gasteiger partial charge in [0.15, 0.2) is 5.01 Å². The summed E-state index contributed by atoms with van der Waals surface area (Å²) in [5, 5.41) is 21.2. The monoisotopic (exact) mass is 497 g/mol. The minimum absolute atomic E-state index is 0.0287. The van der Waals surface area contributed by atoms with Crippen molar-refractivity contribution in [2.75, 3.05) is 0 Å². The van der Waals surface area contributed by atoms with Crippen molar-refractivity contribution in [1.29, 1.82) is 0 Å². The number of aromatic nitrogens is 3. The fraction of sp³-hybridized carbons (Fsp3) is 0.370. The maximum atomic E-state index is 10.1. The van der Waals surface area contributed by atoms with E-state index in [1.165, 1.54) is 11.3 Å². The lowest BCUT2D eigenvalue weighted by Crippen LogP contribution is -2.29. The molecule has 1 aliphatic rings. The van der Waals surface area contributed by atoms with E-state index in [4.69, 9.17) is 21.3 Å². The zero-order valence-electron chi connectivity index (χ0n) is 20.2. The number of rotatable bonds is 6. The van der Waals surface area contributed by atoms with Crippen molar-refractivity contribution < 1.29 is 9.84 Å². The van der Waals surface area contributed by atoms with Crippen LogP contribution in [0.15, 0.2) is 43.0 Å². The number of hydrogen-bond donors (Lipinski definition) is 1. The standard InChI is InChI=1S/C25H26ClN3O2S.C2H6/c1-4-6-21-16(5-2)8-10-22(27-21)25-29-28-24(32-25)13-18-12-17(7-9-20(18)26)23-14-19(30)11-15(3)31-23;1-2/h4-10,12,15,19,23,30H,2,11,13-14H2,1,3H3;1-2H3/b6-4-;. The van der Waals surface area contributed by atoms with Gasteiger partial charge in [0.2, 0.25) is 0 Å². The molecule has 0 amide bonds. The molecule has 0 saturated carbocycles. The molecule has 3 heterocycles.